The normalized spacial score (nSPS) is 18.0. The summed E-state index contributed by atoms with van der Waals surface area (Å²) in [5.74, 6) is 0.823. The second-order valence-corrected chi connectivity index (χ2v) is 5.77. The quantitative estimate of drug-likeness (QED) is 0.767. The van der Waals surface area contributed by atoms with E-state index in [2.05, 4.69) is 20.4 Å². The van der Waals surface area contributed by atoms with Gasteiger partial charge in [0.25, 0.3) is 0 Å². The maximum Gasteiger partial charge on any atom is 0.241 e. The van der Waals surface area contributed by atoms with Gasteiger partial charge in [-0.15, -0.1) is 12.4 Å². The molecule has 25 heavy (non-hydrogen) atoms. The van der Waals surface area contributed by atoms with Crippen molar-refractivity contribution >= 4 is 12.4 Å². The molecule has 132 valence electrons. The molecule has 1 aromatic carbocycles. The SMILES string of the molecule is Cl.Fc1cccc(C2CNCCN2Cc2nc(-c3ccoc3)no2)c1. The first-order valence-electron chi connectivity index (χ1n) is 7.85. The van der Waals surface area contributed by atoms with E-state index in [1.807, 2.05) is 6.07 Å². The van der Waals surface area contributed by atoms with Gasteiger partial charge < -0.3 is 14.3 Å². The summed E-state index contributed by atoms with van der Waals surface area (Å²) in [6.07, 6.45) is 3.15. The highest BCUT2D eigenvalue weighted by Gasteiger charge is 2.26. The van der Waals surface area contributed by atoms with Crippen molar-refractivity contribution in [2.45, 2.75) is 12.6 Å². The van der Waals surface area contributed by atoms with Crippen molar-refractivity contribution < 1.29 is 13.3 Å². The number of hydrogen-bond donors (Lipinski definition) is 1. The van der Waals surface area contributed by atoms with Crippen molar-refractivity contribution in [3.63, 3.8) is 0 Å². The zero-order chi connectivity index (χ0) is 16.4. The average molecular weight is 365 g/mol. The number of hydrogen-bond acceptors (Lipinski definition) is 6. The van der Waals surface area contributed by atoms with Gasteiger partial charge in [-0.25, -0.2) is 4.39 Å². The van der Waals surface area contributed by atoms with Gasteiger partial charge in [0, 0.05) is 25.7 Å². The van der Waals surface area contributed by atoms with Crippen LogP contribution in [0.4, 0.5) is 4.39 Å². The van der Waals surface area contributed by atoms with Crippen molar-refractivity contribution in [2.24, 2.45) is 0 Å². The summed E-state index contributed by atoms with van der Waals surface area (Å²) in [5.41, 5.74) is 1.73. The van der Waals surface area contributed by atoms with Gasteiger partial charge in [0.2, 0.25) is 11.7 Å². The lowest BCUT2D eigenvalue weighted by molar-refractivity contribution is 0.135. The van der Waals surface area contributed by atoms with E-state index in [-0.39, 0.29) is 24.3 Å². The monoisotopic (exact) mass is 364 g/mol. The molecule has 0 saturated carbocycles. The fourth-order valence-corrected chi connectivity index (χ4v) is 2.98. The molecule has 4 rings (SSSR count). The first kappa shape index (κ1) is 17.6. The molecule has 6 nitrogen and oxygen atoms in total. The zero-order valence-corrected chi connectivity index (χ0v) is 14.2. The van der Waals surface area contributed by atoms with Gasteiger partial charge in [-0.2, -0.15) is 4.98 Å². The molecule has 1 saturated heterocycles. The lowest BCUT2D eigenvalue weighted by Crippen LogP contribution is -2.45. The minimum atomic E-state index is -0.224. The highest BCUT2D eigenvalue weighted by molar-refractivity contribution is 5.85. The lowest BCUT2D eigenvalue weighted by atomic mass is 10.0. The van der Waals surface area contributed by atoms with Crippen LogP contribution in [0.2, 0.25) is 0 Å². The predicted molar refractivity (Wildman–Crippen MR) is 91.7 cm³/mol. The molecule has 1 fully saturated rings. The smallest absolute Gasteiger partial charge is 0.241 e. The molecule has 0 amide bonds. The Kier molecular flexibility index (Phi) is 5.47. The third-order valence-corrected chi connectivity index (χ3v) is 4.17. The van der Waals surface area contributed by atoms with Gasteiger partial charge in [-0.1, -0.05) is 17.3 Å². The van der Waals surface area contributed by atoms with Crippen LogP contribution in [0.5, 0.6) is 0 Å². The van der Waals surface area contributed by atoms with E-state index in [0.29, 0.717) is 18.3 Å². The van der Waals surface area contributed by atoms with E-state index >= 15 is 0 Å². The number of nitrogens with one attached hydrogen (secondary N) is 1. The minimum Gasteiger partial charge on any atom is -0.472 e. The zero-order valence-electron chi connectivity index (χ0n) is 13.4. The summed E-state index contributed by atoms with van der Waals surface area (Å²) in [7, 11) is 0. The second-order valence-electron chi connectivity index (χ2n) is 5.77. The molecule has 0 radical (unpaired) electrons. The topological polar surface area (TPSA) is 67.3 Å². The molecule has 3 aromatic rings. The Hall–Kier alpha value is -2.22. The number of piperazine rings is 1. The molecule has 0 bridgehead atoms. The van der Waals surface area contributed by atoms with Crippen molar-refractivity contribution in [1.29, 1.82) is 0 Å². The van der Waals surface area contributed by atoms with Crippen LogP contribution in [0, 0.1) is 5.82 Å². The van der Waals surface area contributed by atoms with Crippen molar-refractivity contribution in [3.8, 4) is 11.4 Å². The molecule has 0 spiro atoms. The van der Waals surface area contributed by atoms with Crippen LogP contribution in [0.1, 0.15) is 17.5 Å². The molecule has 0 aliphatic carbocycles. The highest BCUT2D eigenvalue weighted by Crippen LogP contribution is 2.25. The number of furan rings is 1. The van der Waals surface area contributed by atoms with E-state index in [1.165, 1.54) is 6.07 Å². The van der Waals surface area contributed by atoms with Crippen LogP contribution < -0.4 is 5.32 Å². The maximum atomic E-state index is 13.5. The fourth-order valence-electron chi connectivity index (χ4n) is 2.98. The summed E-state index contributed by atoms with van der Waals surface area (Å²) in [6, 6.07) is 8.57. The molecule has 1 unspecified atom stereocenters. The highest BCUT2D eigenvalue weighted by atomic mass is 35.5. The summed E-state index contributed by atoms with van der Waals surface area (Å²) in [4.78, 5) is 6.64. The van der Waals surface area contributed by atoms with Gasteiger partial charge in [-0.3, -0.25) is 4.90 Å². The van der Waals surface area contributed by atoms with Crippen molar-refractivity contribution in [3.05, 3.63) is 60.1 Å². The van der Waals surface area contributed by atoms with Crippen LogP contribution in [-0.2, 0) is 6.54 Å². The van der Waals surface area contributed by atoms with Gasteiger partial charge in [0.1, 0.15) is 12.1 Å². The van der Waals surface area contributed by atoms with E-state index < -0.39 is 0 Å². The Labute approximate surface area is 150 Å². The first-order valence-corrected chi connectivity index (χ1v) is 7.85. The van der Waals surface area contributed by atoms with Crippen LogP contribution in [0.3, 0.4) is 0 Å². The Morgan fingerprint density at radius 2 is 2.24 bits per heavy atom. The summed E-state index contributed by atoms with van der Waals surface area (Å²) >= 11 is 0. The van der Waals surface area contributed by atoms with E-state index in [0.717, 1.165) is 30.8 Å². The third-order valence-electron chi connectivity index (χ3n) is 4.17. The molecular weight excluding hydrogens is 347 g/mol. The number of benzene rings is 1. The average Bonchev–Trinajstić information content (AvgIpc) is 3.26. The van der Waals surface area contributed by atoms with Gasteiger partial charge in [-0.05, 0) is 23.8 Å². The molecule has 1 aliphatic rings. The second kappa shape index (κ2) is 7.77. The van der Waals surface area contributed by atoms with Crippen LogP contribution in [0.25, 0.3) is 11.4 Å². The van der Waals surface area contributed by atoms with Gasteiger partial charge in [0.15, 0.2) is 0 Å². The lowest BCUT2D eigenvalue weighted by Gasteiger charge is -2.35. The van der Waals surface area contributed by atoms with Gasteiger partial charge in [0.05, 0.1) is 18.4 Å². The Bertz CT molecular complexity index is 809. The Morgan fingerprint density at radius 1 is 1.32 bits per heavy atom. The predicted octanol–water partition coefficient (Wildman–Crippen LogP) is 3.04. The summed E-state index contributed by atoms with van der Waals surface area (Å²) in [6.45, 7) is 2.97. The Morgan fingerprint density at radius 3 is 3.04 bits per heavy atom. The minimum absolute atomic E-state index is 0. The van der Waals surface area contributed by atoms with Crippen molar-refractivity contribution in [1.82, 2.24) is 20.4 Å². The summed E-state index contributed by atoms with van der Waals surface area (Å²) in [5, 5.41) is 7.34. The van der Waals surface area contributed by atoms with Crippen molar-refractivity contribution in [2.75, 3.05) is 19.6 Å². The van der Waals surface area contributed by atoms with E-state index in [1.54, 1.807) is 30.7 Å². The molecule has 3 heterocycles. The summed E-state index contributed by atoms with van der Waals surface area (Å²) < 4.78 is 23.9. The largest absolute Gasteiger partial charge is 0.472 e. The third kappa shape index (κ3) is 3.89. The number of halogens is 2. The van der Waals surface area contributed by atoms with Crippen LogP contribution in [0.15, 0.2) is 51.8 Å². The van der Waals surface area contributed by atoms with Crippen LogP contribution >= 0.6 is 12.4 Å². The maximum absolute atomic E-state index is 13.5. The Balaban J connectivity index is 0.00000182. The van der Waals surface area contributed by atoms with Crippen LogP contribution in [-0.4, -0.2) is 34.7 Å². The first-order chi connectivity index (χ1) is 11.8. The molecular formula is C17H18ClFN4O2. The molecule has 1 atom stereocenters. The molecule has 8 heteroatoms. The molecule has 2 aromatic heterocycles. The van der Waals surface area contributed by atoms with E-state index in [4.69, 9.17) is 8.94 Å². The fraction of sp³-hybridized carbons (Fsp3) is 0.294. The standard InChI is InChI=1S/C17H17FN4O2.ClH/c18-14-3-1-2-12(8-14)15-9-19-5-6-22(15)10-16-20-17(21-24-16)13-4-7-23-11-13;/h1-4,7-8,11,15,19H,5-6,9-10H2;1H. The number of rotatable bonds is 4. The molecule has 1 N–H and O–H groups in total. The van der Waals surface area contributed by atoms with Gasteiger partial charge >= 0.3 is 0 Å². The number of aromatic nitrogens is 2. The van der Waals surface area contributed by atoms with E-state index in [9.17, 15) is 4.39 Å². The number of nitrogens with zero attached hydrogens (tertiary/aromatic N) is 3. The molecule has 1 aliphatic heterocycles.